The van der Waals surface area contributed by atoms with Gasteiger partial charge in [-0.25, -0.2) is 0 Å². The van der Waals surface area contributed by atoms with E-state index >= 15 is 0 Å². The minimum absolute atomic E-state index is 0.106. The number of ketones is 1. The minimum Gasteiger partial charge on any atom is -0.294 e. The number of Topliss-reactive ketones (excluding diaryl/α,β-unsaturated/α-hetero) is 1. The van der Waals surface area contributed by atoms with E-state index < -0.39 is 0 Å². The largest absolute Gasteiger partial charge is 0.294 e. The highest BCUT2D eigenvalue weighted by Crippen LogP contribution is 2.10. The average Bonchev–Trinajstić information content (AvgIpc) is 2.64. The second-order valence-electron chi connectivity index (χ2n) is 3.67. The van der Waals surface area contributed by atoms with Crippen LogP contribution in [0.4, 0.5) is 0 Å². The van der Waals surface area contributed by atoms with Crippen LogP contribution in [0.15, 0.2) is 12.4 Å². The topological polar surface area (TPSA) is 34.9 Å². The van der Waals surface area contributed by atoms with Gasteiger partial charge in [0.05, 0.1) is 11.8 Å². The van der Waals surface area contributed by atoms with Crippen molar-refractivity contribution in [1.29, 1.82) is 0 Å². The lowest BCUT2D eigenvalue weighted by atomic mass is 10.00. The lowest BCUT2D eigenvalue weighted by Gasteiger charge is -2.03. The molecule has 1 aromatic rings. The molecule has 1 unspecified atom stereocenters. The molecular weight excluding hydrogens is 176 g/mol. The van der Waals surface area contributed by atoms with E-state index in [0.717, 1.165) is 24.9 Å². The number of rotatable bonds is 5. The van der Waals surface area contributed by atoms with Crippen molar-refractivity contribution in [3.05, 3.63) is 18.0 Å². The first-order chi connectivity index (χ1) is 6.69. The third-order valence-corrected chi connectivity index (χ3v) is 2.43. The maximum atomic E-state index is 11.7. The van der Waals surface area contributed by atoms with Crippen molar-refractivity contribution < 1.29 is 4.79 Å². The van der Waals surface area contributed by atoms with Gasteiger partial charge in [-0.15, -0.1) is 0 Å². The quantitative estimate of drug-likeness (QED) is 0.675. The lowest BCUT2D eigenvalue weighted by molar-refractivity contribution is 0.0927. The van der Waals surface area contributed by atoms with Crippen LogP contribution in [0.3, 0.4) is 0 Å². The summed E-state index contributed by atoms with van der Waals surface area (Å²) in [7, 11) is 0. The second kappa shape index (κ2) is 4.94. The molecule has 3 nitrogen and oxygen atoms in total. The van der Waals surface area contributed by atoms with Gasteiger partial charge in [0, 0.05) is 18.7 Å². The third-order valence-electron chi connectivity index (χ3n) is 2.43. The van der Waals surface area contributed by atoms with Gasteiger partial charge in [-0.1, -0.05) is 20.8 Å². The molecule has 0 fully saturated rings. The van der Waals surface area contributed by atoms with Crippen molar-refractivity contribution in [2.45, 2.75) is 40.2 Å². The Labute approximate surface area is 85.1 Å². The van der Waals surface area contributed by atoms with Gasteiger partial charge >= 0.3 is 0 Å². The van der Waals surface area contributed by atoms with Gasteiger partial charge < -0.3 is 0 Å². The van der Waals surface area contributed by atoms with Crippen molar-refractivity contribution in [3.63, 3.8) is 0 Å². The Morgan fingerprint density at radius 2 is 2.29 bits per heavy atom. The zero-order valence-corrected chi connectivity index (χ0v) is 9.16. The van der Waals surface area contributed by atoms with Crippen LogP contribution in [0.5, 0.6) is 0 Å². The molecule has 78 valence electrons. The number of aromatic nitrogens is 2. The lowest BCUT2D eigenvalue weighted by Crippen LogP contribution is -2.09. The summed E-state index contributed by atoms with van der Waals surface area (Å²) in [5, 5.41) is 4.14. The number of nitrogens with zero attached hydrogens (tertiary/aromatic N) is 2. The Balaban J connectivity index is 2.71. The number of carbonyl (C=O) groups is 1. The molecule has 0 spiro atoms. The van der Waals surface area contributed by atoms with Crippen LogP contribution in [0, 0.1) is 5.92 Å². The van der Waals surface area contributed by atoms with Crippen LogP contribution in [-0.2, 0) is 6.54 Å². The molecule has 14 heavy (non-hydrogen) atoms. The Kier molecular flexibility index (Phi) is 3.86. The summed E-state index contributed by atoms with van der Waals surface area (Å²) in [6.07, 6.45) is 5.44. The van der Waals surface area contributed by atoms with E-state index in [0.29, 0.717) is 0 Å². The fourth-order valence-electron chi connectivity index (χ4n) is 1.31. The van der Waals surface area contributed by atoms with Crippen LogP contribution in [-0.4, -0.2) is 15.6 Å². The normalized spacial score (nSPS) is 12.8. The summed E-state index contributed by atoms with van der Waals surface area (Å²) in [6, 6.07) is 0. The average molecular weight is 194 g/mol. The van der Waals surface area contributed by atoms with Crippen molar-refractivity contribution >= 4 is 5.78 Å². The molecule has 1 atom stereocenters. The van der Waals surface area contributed by atoms with Gasteiger partial charge in [-0.3, -0.25) is 9.48 Å². The van der Waals surface area contributed by atoms with Crippen LogP contribution >= 0.6 is 0 Å². The molecule has 0 aromatic carbocycles. The Bertz CT molecular complexity index is 304. The molecule has 0 aliphatic heterocycles. The van der Waals surface area contributed by atoms with Crippen molar-refractivity contribution in [3.8, 4) is 0 Å². The molecule has 1 rings (SSSR count). The number of carbonyl (C=O) groups excluding carboxylic acids is 1. The van der Waals surface area contributed by atoms with Gasteiger partial charge in [0.15, 0.2) is 5.78 Å². The second-order valence-corrected chi connectivity index (χ2v) is 3.67. The van der Waals surface area contributed by atoms with E-state index in [1.165, 1.54) is 0 Å². The molecule has 0 radical (unpaired) electrons. The summed E-state index contributed by atoms with van der Waals surface area (Å²) in [5.74, 6) is 0.309. The third kappa shape index (κ3) is 2.44. The molecule has 0 saturated heterocycles. The molecule has 3 heteroatoms. The van der Waals surface area contributed by atoms with Crippen molar-refractivity contribution in [2.75, 3.05) is 0 Å². The van der Waals surface area contributed by atoms with Crippen LogP contribution in [0.25, 0.3) is 0 Å². The first-order valence-electron chi connectivity index (χ1n) is 5.25. The highest BCUT2D eigenvalue weighted by molar-refractivity contribution is 5.97. The van der Waals surface area contributed by atoms with Gasteiger partial charge in [-0.2, -0.15) is 5.10 Å². The number of hydrogen-bond donors (Lipinski definition) is 0. The predicted molar refractivity (Wildman–Crippen MR) is 56.3 cm³/mol. The number of hydrogen-bond acceptors (Lipinski definition) is 2. The Hall–Kier alpha value is -1.12. The minimum atomic E-state index is 0.106. The van der Waals surface area contributed by atoms with Crippen molar-refractivity contribution in [1.82, 2.24) is 9.78 Å². The molecule has 0 bridgehead atoms. The SMILES string of the molecule is CCCn1cc(C(=O)C(C)CC)cn1. The highest BCUT2D eigenvalue weighted by atomic mass is 16.1. The molecular formula is C11H18N2O. The molecule has 0 saturated carbocycles. The maximum Gasteiger partial charge on any atom is 0.168 e. The molecule has 1 aromatic heterocycles. The molecule has 0 amide bonds. The highest BCUT2D eigenvalue weighted by Gasteiger charge is 2.14. The fourth-order valence-corrected chi connectivity index (χ4v) is 1.31. The van der Waals surface area contributed by atoms with Gasteiger partial charge in [0.1, 0.15) is 0 Å². The molecule has 0 N–H and O–H groups in total. The zero-order chi connectivity index (χ0) is 10.6. The van der Waals surface area contributed by atoms with Gasteiger partial charge in [-0.05, 0) is 12.8 Å². The fraction of sp³-hybridized carbons (Fsp3) is 0.636. The van der Waals surface area contributed by atoms with Crippen LogP contribution in [0.2, 0.25) is 0 Å². The summed E-state index contributed by atoms with van der Waals surface area (Å²) in [6.45, 7) is 6.96. The van der Waals surface area contributed by atoms with E-state index in [-0.39, 0.29) is 11.7 Å². The zero-order valence-electron chi connectivity index (χ0n) is 9.16. The summed E-state index contributed by atoms with van der Waals surface area (Å²) >= 11 is 0. The Morgan fingerprint density at radius 3 is 2.86 bits per heavy atom. The predicted octanol–water partition coefficient (Wildman–Crippen LogP) is 2.52. The standard InChI is InChI=1S/C11H18N2O/c1-4-6-13-8-10(7-12-13)11(14)9(3)5-2/h7-9H,4-6H2,1-3H3. The van der Waals surface area contributed by atoms with Crippen molar-refractivity contribution in [2.24, 2.45) is 5.92 Å². The molecule has 1 heterocycles. The van der Waals surface area contributed by atoms with E-state index in [9.17, 15) is 4.79 Å². The first kappa shape index (κ1) is 11.0. The number of aryl methyl sites for hydroxylation is 1. The van der Waals surface area contributed by atoms with E-state index in [2.05, 4.69) is 12.0 Å². The van der Waals surface area contributed by atoms with Gasteiger partial charge in [0.2, 0.25) is 0 Å². The molecule has 0 aliphatic carbocycles. The monoisotopic (exact) mass is 194 g/mol. The van der Waals surface area contributed by atoms with Gasteiger partial charge in [0.25, 0.3) is 0 Å². The summed E-state index contributed by atoms with van der Waals surface area (Å²) in [4.78, 5) is 11.7. The molecule has 0 aliphatic rings. The maximum absolute atomic E-state index is 11.7. The Morgan fingerprint density at radius 1 is 1.57 bits per heavy atom. The van der Waals surface area contributed by atoms with E-state index in [1.54, 1.807) is 6.20 Å². The summed E-state index contributed by atoms with van der Waals surface area (Å²) in [5.41, 5.74) is 0.743. The first-order valence-corrected chi connectivity index (χ1v) is 5.25. The van der Waals surface area contributed by atoms with E-state index in [1.807, 2.05) is 24.7 Å². The van der Waals surface area contributed by atoms with Crippen LogP contribution < -0.4 is 0 Å². The summed E-state index contributed by atoms with van der Waals surface area (Å²) < 4.78 is 1.83. The van der Waals surface area contributed by atoms with E-state index in [4.69, 9.17) is 0 Å². The smallest absolute Gasteiger partial charge is 0.168 e. The van der Waals surface area contributed by atoms with Crippen LogP contribution in [0.1, 0.15) is 44.0 Å².